The molecule has 1 rings (SSSR count). The smallest absolute Gasteiger partial charge is 0.239 e. The van der Waals surface area contributed by atoms with Crippen LogP contribution < -0.4 is 5.73 Å². The van der Waals surface area contributed by atoms with E-state index in [-0.39, 0.29) is 5.91 Å². The van der Waals surface area contributed by atoms with Crippen molar-refractivity contribution in [3.8, 4) is 0 Å². The summed E-state index contributed by atoms with van der Waals surface area (Å²) in [6, 6.07) is -0.405. The number of methoxy groups -OCH3 is 1. The van der Waals surface area contributed by atoms with Gasteiger partial charge >= 0.3 is 0 Å². The lowest BCUT2D eigenvalue weighted by Crippen LogP contribution is -2.49. The van der Waals surface area contributed by atoms with Gasteiger partial charge in [0.1, 0.15) is 0 Å². The van der Waals surface area contributed by atoms with Crippen molar-refractivity contribution in [3.05, 3.63) is 0 Å². The van der Waals surface area contributed by atoms with Crippen LogP contribution in [0.3, 0.4) is 0 Å². The fraction of sp³-hybridized carbons (Fsp3) is 0.917. The number of rotatable bonds is 4. The van der Waals surface area contributed by atoms with Crippen LogP contribution in [-0.2, 0) is 9.53 Å². The van der Waals surface area contributed by atoms with Crippen molar-refractivity contribution >= 4 is 5.91 Å². The first kappa shape index (κ1) is 13.5. The van der Waals surface area contributed by atoms with E-state index in [1.165, 1.54) is 6.42 Å². The van der Waals surface area contributed by atoms with Crippen LogP contribution in [0.4, 0.5) is 0 Å². The maximum absolute atomic E-state index is 12.0. The number of likely N-dealkylation sites (tertiary alicyclic amines) is 1. The van der Waals surface area contributed by atoms with E-state index in [9.17, 15) is 4.79 Å². The molecule has 4 heteroatoms. The number of nitrogens with zero attached hydrogens (tertiary/aromatic N) is 1. The van der Waals surface area contributed by atoms with Crippen LogP contribution in [0.1, 0.15) is 26.7 Å². The van der Waals surface area contributed by atoms with Crippen molar-refractivity contribution in [1.29, 1.82) is 0 Å². The minimum absolute atomic E-state index is 0.0791. The Morgan fingerprint density at radius 1 is 1.44 bits per heavy atom. The Morgan fingerprint density at radius 2 is 2.00 bits per heavy atom. The summed E-state index contributed by atoms with van der Waals surface area (Å²) in [5, 5.41) is 0. The van der Waals surface area contributed by atoms with Crippen LogP contribution in [0, 0.1) is 11.8 Å². The van der Waals surface area contributed by atoms with E-state index in [1.807, 2.05) is 4.90 Å². The summed E-state index contributed by atoms with van der Waals surface area (Å²) in [6.07, 6.45) is 1.81. The number of amides is 1. The normalized spacial score (nSPS) is 27.9. The topological polar surface area (TPSA) is 55.6 Å². The molecule has 1 aliphatic heterocycles. The van der Waals surface area contributed by atoms with Crippen LogP contribution in [0.2, 0.25) is 0 Å². The Kier molecular flexibility index (Phi) is 5.22. The summed E-state index contributed by atoms with van der Waals surface area (Å²) < 4.78 is 4.94. The lowest BCUT2D eigenvalue weighted by Gasteiger charge is -2.36. The van der Waals surface area contributed by atoms with E-state index in [0.29, 0.717) is 24.9 Å². The molecule has 0 aliphatic carbocycles. The molecule has 1 amide bonds. The molecule has 0 spiro atoms. The molecule has 1 heterocycles. The number of nitrogens with two attached hydrogens (primary N) is 1. The summed E-state index contributed by atoms with van der Waals surface area (Å²) in [4.78, 5) is 14.0. The molecule has 3 unspecified atom stereocenters. The van der Waals surface area contributed by atoms with Gasteiger partial charge in [-0.15, -0.1) is 0 Å². The van der Waals surface area contributed by atoms with Gasteiger partial charge in [-0.3, -0.25) is 4.79 Å². The zero-order valence-corrected chi connectivity index (χ0v) is 10.6. The fourth-order valence-electron chi connectivity index (χ4n) is 2.45. The highest BCUT2D eigenvalue weighted by atomic mass is 16.5. The average Bonchev–Trinajstić information content (AvgIpc) is 2.23. The van der Waals surface area contributed by atoms with Gasteiger partial charge in [0.15, 0.2) is 0 Å². The molecule has 0 bridgehead atoms. The molecule has 0 radical (unpaired) electrons. The van der Waals surface area contributed by atoms with Gasteiger partial charge in [0.2, 0.25) is 5.91 Å². The first-order chi connectivity index (χ1) is 7.54. The van der Waals surface area contributed by atoms with E-state index in [0.717, 1.165) is 13.1 Å². The summed E-state index contributed by atoms with van der Waals surface area (Å²) in [6.45, 7) is 6.63. The molecule has 16 heavy (non-hydrogen) atoms. The van der Waals surface area contributed by atoms with E-state index in [4.69, 9.17) is 10.5 Å². The lowest BCUT2D eigenvalue weighted by atomic mass is 9.91. The van der Waals surface area contributed by atoms with Gasteiger partial charge < -0.3 is 15.4 Å². The van der Waals surface area contributed by atoms with E-state index in [2.05, 4.69) is 13.8 Å². The third-order valence-corrected chi connectivity index (χ3v) is 3.13. The van der Waals surface area contributed by atoms with Gasteiger partial charge in [0.05, 0.1) is 6.04 Å². The minimum atomic E-state index is -0.405. The van der Waals surface area contributed by atoms with E-state index >= 15 is 0 Å². The van der Waals surface area contributed by atoms with Crippen molar-refractivity contribution in [2.75, 3.05) is 26.8 Å². The van der Waals surface area contributed by atoms with Crippen molar-refractivity contribution in [2.24, 2.45) is 17.6 Å². The number of carbonyl (C=O) groups is 1. The second-order valence-corrected chi connectivity index (χ2v) is 5.08. The molecule has 2 N–H and O–H groups in total. The van der Waals surface area contributed by atoms with Crippen LogP contribution in [-0.4, -0.2) is 43.7 Å². The highest BCUT2D eigenvalue weighted by Crippen LogP contribution is 2.21. The zero-order valence-electron chi connectivity index (χ0n) is 10.6. The third-order valence-electron chi connectivity index (χ3n) is 3.13. The monoisotopic (exact) mass is 228 g/mol. The van der Waals surface area contributed by atoms with Crippen molar-refractivity contribution in [2.45, 2.75) is 32.7 Å². The van der Waals surface area contributed by atoms with Gasteiger partial charge in [-0.2, -0.15) is 0 Å². The Balaban J connectivity index is 2.45. The molecule has 0 aromatic carbocycles. The van der Waals surface area contributed by atoms with Crippen molar-refractivity contribution < 1.29 is 9.53 Å². The molecule has 94 valence electrons. The largest absolute Gasteiger partial charge is 0.385 e. The molecule has 0 aromatic heterocycles. The van der Waals surface area contributed by atoms with Crippen LogP contribution >= 0.6 is 0 Å². The number of hydrogen-bond donors (Lipinski definition) is 1. The van der Waals surface area contributed by atoms with Gasteiger partial charge in [-0.05, 0) is 24.7 Å². The highest BCUT2D eigenvalue weighted by Gasteiger charge is 2.28. The van der Waals surface area contributed by atoms with Crippen LogP contribution in [0.15, 0.2) is 0 Å². The third kappa shape index (κ3) is 3.76. The molecular formula is C12H24N2O2. The number of hydrogen-bond acceptors (Lipinski definition) is 3. The molecule has 1 fully saturated rings. The fourth-order valence-corrected chi connectivity index (χ4v) is 2.45. The predicted octanol–water partition coefficient (Wildman–Crippen LogP) is 0.855. The lowest BCUT2D eigenvalue weighted by molar-refractivity contribution is -0.135. The zero-order chi connectivity index (χ0) is 12.1. The minimum Gasteiger partial charge on any atom is -0.385 e. The van der Waals surface area contributed by atoms with Gasteiger partial charge in [-0.1, -0.05) is 13.8 Å². The van der Waals surface area contributed by atoms with E-state index < -0.39 is 6.04 Å². The average molecular weight is 228 g/mol. The second-order valence-electron chi connectivity index (χ2n) is 5.08. The van der Waals surface area contributed by atoms with Gasteiger partial charge in [-0.25, -0.2) is 0 Å². The Hall–Kier alpha value is -0.610. The molecule has 1 saturated heterocycles. The first-order valence-corrected chi connectivity index (χ1v) is 6.08. The Labute approximate surface area is 98.1 Å². The maximum Gasteiger partial charge on any atom is 0.239 e. The van der Waals surface area contributed by atoms with E-state index in [1.54, 1.807) is 7.11 Å². The second kappa shape index (κ2) is 6.21. The first-order valence-electron chi connectivity index (χ1n) is 6.08. The van der Waals surface area contributed by atoms with Crippen molar-refractivity contribution in [3.63, 3.8) is 0 Å². The quantitative estimate of drug-likeness (QED) is 0.776. The SMILES string of the molecule is COCCC(N)C(=O)N1CC(C)CC(C)C1. The summed E-state index contributed by atoms with van der Waals surface area (Å²) >= 11 is 0. The van der Waals surface area contributed by atoms with Gasteiger partial charge in [0, 0.05) is 26.8 Å². The van der Waals surface area contributed by atoms with Crippen LogP contribution in [0.5, 0.6) is 0 Å². The summed E-state index contributed by atoms with van der Waals surface area (Å²) in [7, 11) is 1.63. The predicted molar refractivity (Wildman–Crippen MR) is 64.0 cm³/mol. The van der Waals surface area contributed by atoms with Crippen molar-refractivity contribution in [1.82, 2.24) is 4.90 Å². The number of ether oxygens (including phenoxy) is 1. The molecular weight excluding hydrogens is 204 g/mol. The Bertz CT molecular complexity index is 223. The van der Waals surface area contributed by atoms with Crippen LogP contribution in [0.25, 0.3) is 0 Å². The Morgan fingerprint density at radius 3 is 2.50 bits per heavy atom. The standard InChI is InChI=1S/C12H24N2O2/c1-9-6-10(2)8-14(7-9)12(15)11(13)4-5-16-3/h9-11H,4-8,13H2,1-3H3. The number of carbonyl (C=O) groups excluding carboxylic acids is 1. The summed E-state index contributed by atoms with van der Waals surface area (Å²) in [5.41, 5.74) is 5.85. The highest BCUT2D eigenvalue weighted by molar-refractivity contribution is 5.81. The number of piperidine rings is 1. The summed E-state index contributed by atoms with van der Waals surface area (Å²) in [5.74, 6) is 1.25. The molecule has 1 aliphatic rings. The molecule has 0 saturated carbocycles. The molecule has 3 atom stereocenters. The maximum atomic E-state index is 12.0. The van der Waals surface area contributed by atoms with Gasteiger partial charge in [0.25, 0.3) is 0 Å². The molecule has 4 nitrogen and oxygen atoms in total. The molecule has 0 aromatic rings.